The Morgan fingerprint density at radius 3 is 2.41 bits per heavy atom. The zero-order valence-electron chi connectivity index (χ0n) is 21.1. The highest BCUT2D eigenvalue weighted by atomic mass is 16.5. The Balaban J connectivity index is 1.70. The number of nitrogens with one attached hydrogen (secondary N) is 1. The number of pyridine rings is 1. The zero-order chi connectivity index (χ0) is 26.5. The molecule has 9 nitrogen and oxygen atoms in total. The molecule has 2 amide bonds. The van der Waals surface area contributed by atoms with Crippen molar-refractivity contribution in [1.29, 1.82) is 0 Å². The van der Waals surface area contributed by atoms with E-state index < -0.39 is 23.6 Å². The number of aryl methyl sites for hydroxylation is 1. The van der Waals surface area contributed by atoms with Crippen LogP contribution in [0.2, 0.25) is 0 Å². The maximum absolute atomic E-state index is 13.7. The van der Waals surface area contributed by atoms with Crippen LogP contribution in [-0.4, -0.2) is 61.5 Å². The maximum atomic E-state index is 13.7. The van der Waals surface area contributed by atoms with Crippen LogP contribution < -0.4 is 20.5 Å². The fraction of sp³-hybridized carbons (Fsp3) is 0.321. The van der Waals surface area contributed by atoms with E-state index in [2.05, 4.69) is 5.32 Å². The minimum atomic E-state index is -0.886. The third-order valence-electron chi connectivity index (χ3n) is 6.67. The largest absolute Gasteiger partial charge is 0.497 e. The third-order valence-corrected chi connectivity index (χ3v) is 6.67. The van der Waals surface area contributed by atoms with E-state index in [0.717, 1.165) is 11.1 Å². The first-order valence-corrected chi connectivity index (χ1v) is 12.0. The van der Waals surface area contributed by atoms with E-state index in [9.17, 15) is 19.5 Å². The van der Waals surface area contributed by atoms with Crippen molar-refractivity contribution in [1.82, 2.24) is 9.88 Å². The van der Waals surface area contributed by atoms with Gasteiger partial charge in [-0.1, -0.05) is 29.8 Å². The standard InChI is InChI=1S/C28H31N3O6/c1-18-6-8-20(9-7-18)26(33)29-25-23(19-10-12-22(37-3)13-11-19)15-31(28(25)35)24-5-4-14-30(27(24)34)21(16-32)17-36-2/h4-14,21,23,25,32H,15-17H2,1-3H3,(H,29,33)/t21?,23-,25-/m0/s1. The molecule has 1 aliphatic heterocycles. The summed E-state index contributed by atoms with van der Waals surface area (Å²) in [4.78, 5) is 41.6. The van der Waals surface area contributed by atoms with E-state index in [0.29, 0.717) is 11.3 Å². The van der Waals surface area contributed by atoms with Gasteiger partial charge in [0.1, 0.15) is 17.5 Å². The first-order chi connectivity index (χ1) is 17.9. The number of hydrogen-bond acceptors (Lipinski definition) is 6. The van der Waals surface area contributed by atoms with Gasteiger partial charge in [0, 0.05) is 31.3 Å². The third kappa shape index (κ3) is 5.42. The Bertz CT molecular complexity index is 1300. The number of ether oxygens (including phenoxy) is 2. The van der Waals surface area contributed by atoms with Crippen LogP contribution in [0.5, 0.6) is 5.75 Å². The first-order valence-electron chi connectivity index (χ1n) is 12.0. The molecule has 2 N–H and O–H groups in total. The van der Waals surface area contributed by atoms with Crippen LogP contribution in [0, 0.1) is 6.92 Å². The normalized spacial score (nSPS) is 18.1. The van der Waals surface area contributed by atoms with Crippen LogP contribution in [-0.2, 0) is 9.53 Å². The van der Waals surface area contributed by atoms with Gasteiger partial charge in [0.25, 0.3) is 11.5 Å². The summed E-state index contributed by atoms with van der Waals surface area (Å²) < 4.78 is 11.8. The van der Waals surface area contributed by atoms with Crippen molar-refractivity contribution in [3.63, 3.8) is 0 Å². The molecule has 2 aromatic carbocycles. The van der Waals surface area contributed by atoms with E-state index in [1.807, 2.05) is 31.2 Å². The van der Waals surface area contributed by atoms with Gasteiger partial charge in [0.05, 0.1) is 26.4 Å². The number of carbonyl (C=O) groups is 2. The van der Waals surface area contributed by atoms with Crippen LogP contribution in [0.25, 0.3) is 0 Å². The zero-order valence-corrected chi connectivity index (χ0v) is 21.1. The number of benzene rings is 2. The monoisotopic (exact) mass is 505 g/mol. The minimum absolute atomic E-state index is 0.136. The molecule has 3 aromatic rings. The van der Waals surface area contributed by atoms with E-state index in [1.165, 1.54) is 16.6 Å². The molecule has 0 radical (unpaired) electrons. The Morgan fingerprint density at radius 1 is 1.08 bits per heavy atom. The summed E-state index contributed by atoms with van der Waals surface area (Å²) in [6.07, 6.45) is 1.56. The Kier molecular flexibility index (Phi) is 8.05. The van der Waals surface area contributed by atoms with Gasteiger partial charge in [-0.3, -0.25) is 14.4 Å². The van der Waals surface area contributed by atoms with Gasteiger partial charge in [-0.25, -0.2) is 0 Å². The SMILES string of the molecule is COCC(CO)n1cccc(N2C[C@@H](c3ccc(OC)cc3)[C@H](NC(=O)c3ccc(C)cc3)C2=O)c1=O. The first kappa shape index (κ1) is 26.1. The molecular formula is C28H31N3O6. The molecule has 37 heavy (non-hydrogen) atoms. The topological polar surface area (TPSA) is 110 Å². The van der Waals surface area contributed by atoms with Crippen molar-refractivity contribution in [2.24, 2.45) is 0 Å². The molecule has 194 valence electrons. The second-order valence-corrected chi connectivity index (χ2v) is 9.04. The lowest BCUT2D eigenvalue weighted by Gasteiger charge is -2.21. The number of hydrogen-bond donors (Lipinski definition) is 2. The predicted octanol–water partition coefficient (Wildman–Crippen LogP) is 2.27. The molecular weight excluding hydrogens is 474 g/mol. The molecule has 1 aromatic heterocycles. The molecule has 1 saturated heterocycles. The van der Waals surface area contributed by atoms with Gasteiger partial charge in [0.2, 0.25) is 5.91 Å². The summed E-state index contributed by atoms with van der Waals surface area (Å²) in [7, 11) is 3.06. The molecule has 4 rings (SSSR count). The van der Waals surface area contributed by atoms with Gasteiger partial charge in [-0.05, 0) is 48.9 Å². The van der Waals surface area contributed by atoms with Crippen molar-refractivity contribution in [2.75, 3.05) is 38.9 Å². The number of amides is 2. The highest BCUT2D eigenvalue weighted by Crippen LogP contribution is 2.32. The van der Waals surface area contributed by atoms with E-state index >= 15 is 0 Å². The van der Waals surface area contributed by atoms with Crippen LogP contribution in [0.1, 0.15) is 33.4 Å². The maximum Gasteiger partial charge on any atom is 0.274 e. The van der Waals surface area contributed by atoms with Crippen molar-refractivity contribution in [3.8, 4) is 5.75 Å². The molecule has 3 atom stereocenters. The van der Waals surface area contributed by atoms with Gasteiger partial charge < -0.3 is 29.4 Å². The molecule has 1 unspecified atom stereocenters. The highest BCUT2D eigenvalue weighted by Gasteiger charge is 2.43. The van der Waals surface area contributed by atoms with Crippen LogP contribution in [0.15, 0.2) is 71.7 Å². The van der Waals surface area contributed by atoms with Crippen molar-refractivity contribution >= 4 is 17.5 Å². The lowest BCUT2D eigenvalue weighted by Crippen LogP contribution is -2.44. The van der Waals surface area contributed by atoms with Crippen molar-refractivity contribution in [2.45, 2.75) is 24.9 Å². The van der Waals surface area contributed by atoms with Gasteiger partial charge in [-0.2, -0.15) is 0 Å². The molecule has 0 aliphatic carbocycles. The average molecular weight is 506 g/mol. The Morgan fingerprint density at radius 2 is 1.78 bits per heavy atom. The fourth-order valence-electron chi connectivity index (χ4n) is 4.59. The summed E-state index contributed by atoms with van der Waals surface area (Å²) in [5, 5.41) is 12.7. The summed E-state index contributed by atoms with van der Waals surface area (Å²) in [6, 6.07) is 16.2. The predicted molar refractivity (Wildman–Crippen MR) is 139 cm³/mol. The van der Waals surface area contributed by atoms with Gasteiger partial charge in [0.15, 0.2) is 0 Å². The van der Waals surface area contributed by atoms with E-state index in [-0.39, 0.29) is 37.3 Å². The van der Waals surface area contributed by atoms with Crippen LogP contribution >= 0.6 is 0 Å². The smallest absolute Gasteiger partial charge is 0.274 e. The van der Waals surface area contributed by atoms with Gasteiger partial charge in [-0.15, -0.1) is 0 Å². The lowest BCUT2D eigenvalue weighted by atomic mass is 9.93. The number of nitrogens with zero attached hydrogens (tertiary/aromatic N) is 2. The molecule has 9 heteroatoms. The van der Waals surface area contributed by atoms with E-state index in [4.69, 9.17) is 9.47 Å². The number of aliphatic hydroxyl groups excluding tert-OH is 1. The number of methoxy groups -OCH3 is 2. The highest BCUT2D eigenvalue weighted by molar-refractivity contribution is 6.04. The molecule has 2 heterocycles. The molecule has 0 saturated carbocycles. The van der Waals surface area contributed by atoms with Crippen molar-refractivity contribution < 1.29 is 24.2 Å². The van der Waals surface area contributed by atoms with Crippen LogP contribution in [0.3, 0.4) is 0 Å². The lowest BCUT2D eigenvalue weighted by molar-refractivity contribution is -0.118. The molecule has 0 bridgehead atoms. The second-order valence-electron chi connectivity index (χ2n) is 9.04. The molecule has 1 fully saturated rings. The number of anilines is 1. The number of aliphatic hydroxyl groups is 1. The number of aromatic nitrogens is 1. The van der Waals surface area contributed by atoms with E-state index in [1.54, 1.807) is 49.7 Å². The average Bonchev–Trinajstić information content (AvgIpc) is 3.23. The second kappa shape index (κ2) is 11.4. The summed E-state index contributed by atoms with van der Waals surface area (Å²) in [5.41, 5.74) is 2.04. The summed E-state index contributed by atoms with van der Waals surface area (Å²) >= 11 is 0. The Labute approximate surface area is 215 Å². The summed E-state index contributed by atoms with van der Waals surface area (Å²) in [6.45, 7) is 1.96. The number of rotatable bonds is 9. The minimum Gasteiger partial charge on any atom is -0.497 e. The van der Waals surface area contributed by atoms with Gasteiger partial charge >= 0.3 is 0 Å². The fourth-order valence-corrected chi connectivity index (χ4v) is 4.59. The van der Waals surface area contributed by atoms with Crippen LogP contribution in [0.4, 0.5) is 5.69 Å². The Hall–Kier alpha value is -3.95. The van der Waals surface area contributed by atoms with Crippen molar-refractivity contribution in [3.05, 3.63) is 93.9 Å². The molecule has 0 spiro atoms. The quantitative estimate of drug-likeness (QED) is 0.462. The number of carbonyl (C=O) groups excluding carboxylic acids is 2. The summed E-state index contributed by atoms with van der Waals surface area (Å²) in [5.74, 6) is -0.495. The molecule has 1 aliphatic rings.